The molecule has 19 heavy (non-hydrogen) atoms. The topological polar surface area (TPSA) is 111 Å². The number of nitrogens with one attached hydrogen (secondary N) is 2. The van der Waals surface area contributed by atoms with Crippen molar-refractivity contribution in [3.05, 3.63) is 36.4 Å². The SMILES string of the molecule is NNc1ccnc(C(=O)NCCCn2ccnn2)c1. The molecule has 2 aromatic rings. The lowest BCUT2D eigenvalue weighted by Crippen LogP contribution is -2.26. The molecule has 0 aliphatic heterocycles. The van der Waals surface area contributed by atoms with Crippen molar-refractivity contribution in [1.82, 2.24) is 25.3 Å². The molecule has 0 saturated heterocycles. The van der Waals surface area contributed by atoms with Crippen LogP contribution in [0.15, 0.2) is 30.7 Å². The lowest BCUT2D eigenvalue weighted by atomic mass is 10.3. The highest BCUT2D eigenvalue weighted by molar-refractivity contribution is 5.93. The average Bonchev–Trinajstić information content (AvgIpc) is 2.96. The quantitative estimate of drug-likeness (QED) is 0.376. The summed E-state index contributed by atoms with van der Waals surface area (Å²) in [5, 5.41) is 10.3. The van der Waals surface area contributed by atoms with Crippen LogP contribution in [-0.4, -0.2) is 32.4 Å². The summed E-state index contributed by atoms with van der Waals surface area (Å²) in [5.41, 5.74) is 3.44. The summed E-state index contributed by atoms with van der Waals surface area (Å²) < 4.78 is 1.71. The van der Waals surface area contributed by atoms with Crippen molar-refractivity contribution in [2.75, 3.05) is 12.0 Å². The van der Waals surface area contributed by atoms with Crippen molar-refractivity contribution in [3.8, 4) is 0 Å². The zero-order valence-electron chi connectivity index (χ0n) is 10.3. The van der Waals surface area contributed by atoms with Gasteiger partial charge >= 0.3 is 0 Å². The molecule has 2 rings (SSSR count). The summed E-state index contributed by atoms with van der Waals surface area (Å²) in [6.45, 7) is 1.25. The Balaban J connectivity index is 1.77. The van der Waals surface area contributed by atoms with Crippen LogP contribution >= 0.6 is 0 Å². The van der Waals surface area contributed by atoms with Gasteiger partial charge in [-0.2, -0.15) is 0 Å². The van der Waals surface area contributed by atoms with E-state index in [4.69, 9.17) is 5.84 Å². The lowest BCUT2D eigenvalue weighted by molar-refractivity contribution is 0.0947. The lowest BCUT2D eigenvalue weighted by Gasteiger charge is -2.06. The molecule has 2 aromatic heterocycles. The van der Waals surface area contributed by atoms with Gasteiger partial charge in [0, 0.05) is 25.5 Å². The Bertz CT molecular complexity index is 526. The smallest absolute Gasteiger partial charge is 0.269 e. The van der Waals surface area contributed by atoms with Gasteiger partial charge in [0.05, 0.1) is 11.9 Å². The number of nitrogen functional groups attached to an aromatic ring is 1. The summed E-state index contributed by atoms with van der Waals surface area (Å²) >= 11 is 0. The number of aromatic nitrogens is 4. The van der Waals surface area contributed by atoms with E-state index in [1.54, 1.807) is 29.2 Å². The standard InChI is InChI=1S/C11H15N7O/c12-16-9-2-4-13-10(8-9)11(19)14-3-1-6-18-7-5-15-17-18/h2,4-5,7-8H,1,3,6,12H2,(H,13,16)(H,14,19). The number of pyridine rings is 1. The minimum Gasteiger partial charge on any atom is -0.351 e. The van der Waals surface area contributed by atoms with E-state index in [1.165, 1.54) is 6.20 Å². The van der Waals surface area contributed by atoms with Crippen molar-refractivity contribution in [2.24, 2.45) is 5.84 Å². The molecule has 4 N–H and O–H groups in total. The fraction of sp³-hybridized carbons (Fsp3) is 0.273. The Hall–Kier alpha value is -2.48. The molecule has 8 heteroatoms. The molecule has 0 unspecified atom stereocenters. The second-order valence-corrected chi connectivity index (χ2v) is 3.85. The molecule has 1 amide bonds. The second kappa shape index (κ2) is 6.45. The van der Waals surface area contributed by atoms with Crippen molar-refractivity contribution < 1.29 is 4.79 Å². The van der Waals surface area contributed by atoms with Crippen LogP contribution in [0.2, 0.25) is 0 Å². The molecule has 0 aromatic carbocycles. The van der Waals surface area contributed by atoms with Crippen molar-refractivity contribution in [3.63, 3.8) is 0 Å². The molecule has 0 saturated carbocycles. The minimum absolute atomic E-state index is 0.226. The molecule has 100 valence electrons. The molecule has 0 aliphatic rings. The van der Waals surface area contributed by atoms with Crippen LogP contribution in [0, 0.1) is 0 Å². The molecule has 0 fully saturated rings. The maximum absolute atomic E-state index is 11.8. The van der Waals surface area contributed by atoms with E-state index in [2.05, 4.69) is 26.0 Å². The first-order chi connectivity index (χ1) is 9.29. The Labute approximate surface area is 110 Å². The number of aryl methyl sites for hydroxylation is 1. The molecule has 0 atom stereocenters. The van der Waals surface area contributed by atoms with Crippen LogP contribution in [0.3, 0.4) is 0 Å². The van der Waals surface area contributed by atoms with Gasteiger partial charge in [0.1, 0.15) is 5.69 Å². The highest BCUT2D eigenvalue weighted by Crippen LogP contribution is 2.05. The van der Waals surface area contributed by atoms with Gasteiger partial charge in [0.2, 0.25) is 0 Å². The summed E-state index contributed by atoms with van der Waals surface area (Å²) in [6.07, 6.45) is 5.69. The van der Waals surface area contributed by atoms with Crippen LogP contribution in [0.5, 0.6) is 0 Å². The number of nitrogens with zero attached hydrogens (tertiary/aromatic N) is 4. The van der Waals surface area contributed by atoms with E-state index < -0.39 is 0 Å². The number of carbonyl (C=O) groups is 1. The van der Waals surface area contributed by atoms with E-state index in [9.17, 15) is 4.79 Å². The monoisotopic (exact) mass is 261 g/mol. The van der Waals surface area contributed by atoms with Crippen LogP contribution in [0.4, 0.5) is 5.69 Å². The van der Waals surface area contributed by atoms with E-state index in [-0.39, 0.29) is 5.91 Å². The summed E-state index contributed by atoms with van der Waals surface area (Å²) in [6, 6.07) is 3.27. The van der Waals surface area contributed by atoms with Crippen LogP contribution in [0.1, 0.15) is 16.9 Å². The number of carbonyl (C=O) groups excluding carboxylic acids is 1. The number of nitrogens with two attached hydrogens (primary N) is 1. The van der Waals surface area contributed by atoms with Crippen LogP contribution < -0.4 is 16.6 Å². The first-order valence-electron chi connectivity index (χ1n) is 5.84. The number of amides is 1. The van der Waals surface area contributed by atoms with Crippen LogP contribution in [-0.2, 0) is 6.54 Å². The number of anilines is 1. The average molecular weight is 261 g/mol. The normalized spacial score (nSPS) is 10.2. The fourth-order valence-electron chi connectivity index (χ4n) is 1.53. The Morgan fingerprint density at radius 2 is 2.32 bits per heavy atom. The van der Waals surface area contributed by atoms with Crippen molar-refractivity contribution >= 4 is 11.6 Å². The minimum atomic E-state index is -0.226. The molecule has 8 nitrogen and oxygen atoms in total. The van der Waals surface area contributed by atoms with Gasteiger partial charge in [-0.25, -0.2) is 0 Å². The van der Waals surface area contributed by atoms with Gasteiger partial charge in [-0.3, -0.25) is 20.3 Å². The second-order valence-electron chi connectivity index (χ2n) is 3.85. The predicted molar refractivity (Wildman–Crippen MR) is 69.0 cm³/mol. The van der Waals surface area contributed by atoms with Gasteiger partial charge in [0.25, 0.3) is 5.91 Å². The molecule has 0 bridgehead atoms. The van der Waals surface area contributed by atoms with E-state index in [1.807, 2.05) is 0 Å². The largest absolute Gasteiger partial charge is 0.351 e. The maximum Gasteiger partial charge on any atom is 0.269 e. The molecule has 0 aliphatic carbocycles. The summed E-state index contributed by atoms with van der Waals surface area (Å²) in [4.78, 5) is 15.8. The zero-order chi connectivity index (χ0) is 13.5. The van der Waals surface area contributed by atoms with Gasteiger partial charge in [-0.05, 0) is 18.6 Å². The molecular weight excluding hydrogens is 246 g/mol. The van der Waals surface area contributed by atoms with Crippen LogP contribution in [0.25, 0.3) is 0 Å². The molecule has 2 heterocycles. The van der Waals surface area contributed by atoms with Crippen molar-refractivity contribution in [1.29, 1.82) is 0 Å². The van der Waals surface area contributed by atoms with E-state index in [0.29, 0.717) is 24.5 Å². The first-order valence-corrected chi connectivity index (χ1v) is 5.84. The van der Waals surface area contributed by atoms with E-state index >= 15 is 0 Å². The number of hydrogen-bond acceptors (Lipinski definition) is 6. The highest BCUT2D eigenvalue weighted by atomic mass is 16.1. The zero-order valence-corrected chi connectivity index (χ0v) is 10.3. The number of hydrogen-bond donors (Lipinski definition) is 3. The third-order valence-corrected chi connectivity index (χ3v) is 2.48. The molecular formula is C11H15N7O. The fourth-order valence-corrected chi connectivity index (χ4v) is 1.53. The van der Waals surface area contributed by atoms with E-state index in [0.717, 1.165) is 6.42 Å². The van der Waals surface area contributed by atoms with Gasteiger partial charge in [0.15, 0.2) is 0 Å². The Kier molecular flexibility index (Phi) is 4.40. The predicted octanol–water partition coefficient (Wildman–Crippen LogP) is -0.221. The first kappa shape index (κ1) is 13.0. The van der Waals surface area contributed by atoms with Gasteiger partial charge < -0.3 is 10.7 Å². The van der Waals surface area contributed by atoms with Gasteiger partial charge in [-0.1, -0.05) is 5.21 Å². The summed E-state index contributed by atoms with van der Waals surface area (Å²) in [5.74, 6) is 5.04. The number of rotatable bonds is 6. The maximum atomic E-state index is 11.8. The number of hydrazine groups is 1. The molecule has 0 radical (unpaired) electrons. The Morgan fingerprint density at radius 1 is 1.42 bits per heavy atom. The third-order valence-electron chi connectivity index (χ3n) is 2.48. The third kappa shape index (κ3) is 3.75. The summed E-state index contributed by atoms with van der Waals surface area (Å²) in [7, 11) is 0. The Morgan fingerprint density at radius 3 is 3.05 bits per heavy atom. The van der Waals surface area contributed by atoms with Crippen molar-refractivity contribution in [2.45, 2.75) is 13.0 Å². The molecule has 0 spiro atoms. The van der Waals surface area contributed by atoms with Gasteiger partial charge in [-0.15, -0.1) is 5.10 Å². The highest BCUT2D eigenvalue weighted by Gasteiger charge is 2.06.